The van der Waals surface area contributed by atoms with Crippen molar-refractivity contribution in [2.24, 2.45) is 0 Å². The van der Waals surface area contributed by atoms with Gasteiger partial charge in [-0.25, -0.2) is 9.50 Å². The second-order valence-corrected chi connectivity index (χ2v) is 5.62. The van der Waals surface area contributed by atoms with Gasteiger partial charge in [-0.15, -0.1) is 0 Å². The average molecular weight is 329 g/mol. The van der Waals surface area contributed by atoms with Crippen molar-refractivity contribution in [3.8, 4) is 11.3 Å². The van der Waals surface area contributed by atoms with Gasteiger partial charge in [-0.1, -0.05) is 43.1 Å². The first-order valence-electron chi connectivity index (χ1n) is 7.58. The number of halogens is 1. The highest BCUT2D eigenvalue weighted by atomic mass is 35.5. The van der Waals surface area contributed by atoms with Gasteiger partial charge in [0.15, 0.2) is 5.65 Å². The summed E-state index contributed by atoms with van der Waals surface area (Å²) in [5, 5.41) is 7.84. The summed E-state index contributed by atoms with van der Waals surface area (Å²) in [7, 11) is 0. The Kier molecular flexibility index (Phi) is 4.57. The zero-order valence-electron chi connectivity index (χ0n) is 12.8. The number of rotatable bonds is 5. The molecular formula is C17H17ClN4O. The van der Waals surface area contributed by atoms with E-state index in [1.807, 2.05) is 30.3 Å². The van der Waals surface area contributed by atoms with Crippen LogP contribution in [-0.2, 0) is 0 Å². The first-order valence-corrected chi connectivity index (χ1v) is 7.96. The van der Waals surface area contributed by atoms with Gasteiger partial charge in [-0.2, -0.15) is 5.10 Å². The molecule has 0 fully saturated rings. The Hall–Kier alpha value is -2.40. The average Bonchev–Trinajstić information content (AvgIpc) is 3.00. The monoisotopic (exact) mass is 328 g/mol. The zero-order valence-corrected chi connectivity index (χ0v) is 13.5. The Morgan fingerprint density at radius 3 is 2.91 bits per heavy atom. The van der Waals surface area contributed by atoms with E-state index in [1.165, 1.54) is 0 Å². The quantitative estimate of drug-likeness (QED) is 0.728. The number of hydrogen-bond acceptors (Lipinski definition) is 3. The Morgan fingerprint density at radius 2 is 2.13 bits per heavy atom. The predicted octanol–water partition coefficient (Wildman–Crippen LogP) is 3.58. The maximum absolute atomic E-state index is 12.3. The zero-order chi connectivity index (χ0) is 16.2. The van der Waals surface area contributed by atoms with Gasteiger partial charge >= 0.3 is 0 Å². The van der Waals surface area contributed by atoms with Gasteiger partial charge in [-0.05, 0) is 18.6 Å². The van der Waals surface area contributed by atoms with Gasteiger partial charge in [0.2, 0.25) is 0 Å². The van der Waals surface area contributed by atoms with Crippen molar-refractivity contribution in [2.45, 2.75) is 19.8 Å². The van der Waals surface area contributed by atoms with E-state index in [4.69, 9.17) is 11.6 Å². The maximum Gasteiger partial charge on any atom is 0.256 e. The summed E-state index contributed by atoms with van der Waals surface area (Å²) in [6.45, 7) is 2.73. The lowest BCUT2D eigenvalue weighted by molar-refractivity contribution is 0.0954. The Balaban J connectivity index is 2.01. The Labute approximate surface area is 139 Å². The molecule has 6 heteroatoms. The van der Waals surface area contributed by atoms with Crippen molar-refractivity contribution < 1.29 is 4.79 Å². The van der Waals surface area contributed by atoms with Crippen LogP contribution in [0.15, 0.2) is 42.7 Å². The number of carbonyl (C=O) groups excluding carboxylic acids is 1. The first kappa shape index (κ1) is 15.5. The van der Waals surface area contributed by atoms with Crippen LogP contribution in [0.5, 0.6) is 0 Å². The molecule has 118 valence electrons. The summed E-state index contributed by atoms with van der Waals surface area (Å²) in [6, 6.07) is 9.36. The molecule has 0 saturated heterocycles. The molecule has 0 aliphatic rings. The molecule has 0 saturated carbocycles. The second kappa shape index (κ2) is 6.79. The summed E-state index contributed by atoms with van der Waals surface area (Å²) in [6.07, 6.45) is 5.19. The summed E-state index contributed by atoms with van der Waals surface area (Å²) < 4.78 is 1.65. The van der Waals surface area contributed by atoms with Crippen LogP contribution < -0.4 is 5.32 Å². The van der Waals surface area contributed by atoms with E-state index in [0.29, 0.717) is 22.8 Å². The molecule has 2 aromatic heterocycles. The smallest absolute Gasteiger partial charge is 0.256 e. The normalized spacial score (nSPS) is 10.9. The molecule has 0 unspecified atom stereocenters. The van der Waals surface area contributed by atoms with Crippen LogP contribution in [0.2, 0.25) is 5.02 Å². The molecule has 0 aliphatic carbocycles. The minimum atomic E-state index is -0.155. The lowest BCUT2D eigenvalue weighted by Crippen LogP contribution is -2.24. The molecule has 0 aliphatic heterocycles. The molecule has 2 heterocycles. The SMILES string of the molecule is CCCCNC(=O)c1cnn2c(-c3ccccc3Cl)ccnc12. The van der Waals surface area contributed by atoms with Crippen LogP contribution >= 0.6 is 11.6 Å². The number of hydrogen-bond donors (Lipinski definition) is 1. The first-order chi connectivity index (χ1) is 11.2. The highest BCUT2D eigenvalue weighted by Crippen LogP contribution is 2.27. The summed E-state index contributed by atoms with van der Waals surface area (Å²) in [5.74, 6) is -0.155. The van der Waals surface area contributed by atoms with Gasteiger partial charge in [-0.3, -0.25) is 4.79 Å². The third kappa shape index (κ3) is 3.05. The van der Waals surface area contributed by atoms with E-state index < -0.39 is 0 Å². The van der Waals surface area contributed by atoms with Gasteiger partial charge in [0, 0.05) is 23.3 Å². The van der Waals surface area contributed by atoms with Crippen molar-refractivity contribution in [1.82, 2.24) is 19.9 Å². The van der Waals surface area contributed by atoms with Crippen LogP contribution in [0, 0.1) is 0 Å². The number of fused-ring (bicyclic) bond motifs is 1. The lowest BCUT2D eigenvalue weighted by Gasteiger charge is -2.07. The highest BCUT2D eigenvalue weighted by Gasteiger charge is 2.16. The standard InChI is InChI=1S/C17H17ClN4O/c1-2-3-9-20-17(23)13-11-21-22-15(8-10-19-16(13)22)12-6-4-5-7-14(12)18/h4-8,10-11H,2-3,9H2,1H3,(H,20,23). The van der Waals surface area contributed by atoms with E-state index in [0.717, 1.165) is 24.1 Å². The van der Waals surface area contributed by atoms with E-state index in [2.05, 4.69) is 22.3 Å². The van der Waals surface area contributed by atoms with Crippen LogP contribution in [0.4, 0.5) is 0 Å². The third-order valence-corrected chi connectivity index (χ3v) is 3.94. The summed E-state index contributed by atoms with van der Waals surface area (Å²) in [5.41, 5.74) is 2.64. The molecule has 23 heavy (non-hydrogen) atoms. The number of unbranched alkanes of at least 4 members (excludes halogenated alkanes) is 1. The van der Waals surface area contributed by atoms with Gasteiger partial charge in [0.25, 0.3) is 5.91 Å². The molecule has 3 aromatic rings. The van der Waals surface area contributed by atoms with Crippen molar-refractivity contribution >= 4 is 23.2 Å². The van der Waals surface area contributed by atoms with E-state index in [9.17, 15) is 4.79 Å². The number of nitrogens with zero attached hydrogens (tertiary/aromatic N) is 3. The van der Waals surface area contributed by atoms with Crippen LogP contribution in [0.25, 0.3) is 16.9 Å². The second-order valence-electron chi connectivity index (χ2n) is 5.21. The molecule has 0 radical (unpaired) electrons. The summed E-state index contributed by atoms with van der Waals surface area (Å²) >= 11 is 6.27. The molecule has 1 amide bonds. The molecule has 1 aromatic carbocycles. The Morgan fingerprint density at radius 1 is 1.30 bits per heavy atom. The topological polar surface area (TPSA) is 59.3 Å². The molecule has 3 rings (SSSR count). The number of nitrogens with one attached hydrogen (secondary N) is 1. The fourth-order valence-corrected chi connectivity index (χ4v) is 2.63. The van der Waals surface area contributed by atoms with Crippen molar-refractivity contribution in [3.63, 3.8) is 0 Å². The number of aromatic nitrogens is 3. The van der Waals surface area contributed by atoms with Crippen molar-refractivity contribution in [2.75, 3.05) is 6.54 Å². The number of benzene rings is 1. The summed E-state index contributed by atoms with van der Waals surface area (Å²) in [4.78, 5) is 16.6. The predicted molar refractivity (Wildman–Crippen MR) is 90.7 cm³/mol. The number of carbonyl (C=O) groups is 1. The molecule has 0 atom stereocenters. The fourth-order valence-electron chi connectivity index (χ4n) is 2.40. The molecule has 0 spiro atoms. The third-order valence-electron chi connectivity index (χ3n) is 3.61. The Bertz CT molecular complexity index is 843. The van der Waals surface area contributed by atoms with Crippen LogP contribution in [0.1, 0.15) is 30.1 Å². The van der Waals surface area contributed by atoms with Gasteiger partial charge in [0.1, 0.15) is 5.56 Å². The minimum Gasteiger partial charge on any atom is -0.352 e. The van der Waals surface area contributed by atoms with Gasteiger partial charge < -0.3 is 5.32 Å². The van der Waals surface area contributed by atoms with Crippen LogP contribution in [-0.4, -0.2) is 27.0 Å². The fraction of sp³-hybridized carbons (Fsp3) is 0.235. The molecule has 5 nitrogen and oxygen atoms in total. The largest absolute Gasteiger partial charge is 0.352 e. The molecule has 0 bridgehead atoms. The highest BCUT2D eigenvalue weighted by molar-refractivity contribution is 6.33. The van der Waals surface area contributed by atoms with Crippen LogP contribution in [0.3, 0.4) is 0 Å². The van der Waals surface area contributed by atoms with E-state index >= 15 is 0 Å². The maximum atomic E-state index is 12.3. The lowest BCUT2D eigenvalue weighted by atomic mass is 10.1. The minimum absolute atomic E-state index is 0.155. The molecular weight excluding hydrogens is 312 g/mol. The van der Waals surface area contributed by atoms with Crippen molar-refractivity contribution in [1.29, 1.82) is 0 Å². The molecule has 1 N–H and O–H groups in total. The number of amides is 1. The van der Waals surface area contributed by atoms with Gasteiger partial charge in [0.05, 0.1) is 11.9 Å². The van der Waals surface area contributed by atoms with Crippen molar-refractivity contribution in [3.05, 3.63) is 53.3 Å². The van der Waals surface area contributed by atoms with E-state index in [1.54, 1.807) is 16.9 Å². The van der Waals surface area contributed by atoms with E-state index in [-0.39, 0.29) is 5.91 Å².